The highest BCUT2D eigenvalue weighted by Gasteiger charge is 1.96. The van der Waals surface area contributed by atoms with Crippen molar-refractivity contribution < 1.29 is 0 Å². The van der Waals surface area contributed by atoms with Crippen molar-refractivity contribution in [1.29, 1.82) is 0 Å². The molecule has 1 aromatic rings. The molecule has 3 nitrogen and oxygen atoms in total. The number of hydrogen-bond donors (Lipinski definition) is 1. The molecule has 1 heterocycles. The van der Waals surface area contributed by atoms with Crippen LogP contribution in [0, 0.1) is 5.92 Å². The van der Waals surface area contributed by atoms with Crippen LogP contribution in [0.5, 0.6) is 0 Å². The topological polar surface area (TPSA) is 43.8 Å². The van der Waals surface area contributed by atoms with E-state index in [1.54, 1.807) is 6.07 Å². The van der Waals surface area contributed by atoms with Crippen LogP contribution in [0.1, 0.15) is 13.8 Å². The molecule has 0 saturated carbocycles. The van der Waals surface area contributed by atoms with E-state index in [9.17, 15) is 0 Å². The van der Waals surface area contributed by atoms with Crippen molar-refractivity contribution in [2.24, 2.45) is 0 Å². The normalized spacial score (nSPS) is 10.7. The van der Waals surface area contributed by atoms with Crippen molar-refractivity contribution in [2.45, 2.75) is 20.4 Å². The lowest BCUT2D eigenvalue weighted by Gasteiger charge is -2.02. The number of nitrogens with two attached hydrogens (primary N) is 1. The molecular formula is C7H12N3. The molecule has 0 saturated heterocycles. The second-order valence-corrected chi connectivity index (χ2v) is 2.65. The van der Waals surface area contributed by atoms with Gasteiger partial charge in [0.25, 0.3) is 0 Å². The first-order chi connectivity index (χ1) is 4.68. The van der Waals surface area contributed by atoms with E-state index < -0.39 is 0 Å². The van der Waals surface area contributed by atoms with Gasteiger partial charge in [0, 0.05) is 12.7 Å². The predicted octanol–water partition coefficient (Wildman–Crippen LogP) is 1.08. The highest BCUT2D eigenvalue weighted by atomic mass is 15.3. The number of hydrogen-bond acceptors (Lipinski definition) is 2. The Bertz CT molecular complexity index is 202. The molecular weight excluding hydrogens is 126 g/mol. The summed E-state index contributed by atoms with van der Waals surface area (Å²) in [5, 5.41) is 4.02. The van der Waals surface area contributed by atoms with Gasteiger partial charge < -0.3 is 5.73 Å². The van der Waals surface area contributed by atoms with Crippen molar-refractivity contribution >= 4 is 5.82 Å². The maximum atomic E-state index is 5.41. The maximum Gasteiger partial charge on any atom is 0.145 e. The van der Waals surface area contributed by atoms with E-state index in [1.165, 1.54) is 5.92 Å². The molecule has 0 aliphatic heterocycles. The first-order valence-corrected chi connectivity index (χ1v) is 3.26. The van der Waals surface area contributed by atoms with Gasteiger partial charge in [-0.25, -0.2) is 0 Å². The summed E-state index contributed by atoms with van der Waals surface area (Å²) in [7, 11) is 0. The van der Waals surface area contributed by atoms with Crippen LogP contribution in [0.3, 0.4) is 0 Å². The fraction of sp³-hybridized carbons (Fsp3) is 0.429. The lowest BCUT2D eigenvalue weighted by Crippen LogP contribution is -2.03. The molecule has 0 aliphatic rings. The van der Waals surface area contributed by atoms with Crippen LogP contribution in [-0.4, -0.2) is 9.78 Å². The Hall–Kier alpha value is -0.990. The minimum absolute atomic E-state index is 0.584. The van der Waals surface area contributed by atoms with Crippen LogP contribution in [0.4, 0.5) is 5.82 Å². The van der Waals surface area contributed by atoms with E-state index in [4.69, 9.17) is 5.73 Å². The van der Waals surface area contributed by atoms with Gasteiger partial charge in [-0.15, -0.1) is 0 Å². The highest BCUT2D eigenvalue weighted by molar-refractivity contribution is 5.23. The number of aromatic nitrogens is 2. The fourth-order valence-electron chi connectivity index (χ4n) is 0.789. The van der Waals surface area contributed by atoms with Gasteiger partial charge in [-0.1, -0.05) is 13.8 Å². The van der Waals surface area contributed by atoms with Gasteiger partial charge in [-0.2, -0.15) is 5.10 Å². The van der Waals surface area contributed by atoms with E-state index >= 15 is 0 Å². The lowest BCUT2D eigenvalue weighted by atomic mass is 10.2. The zero-order valence-corrected chi connectivity index (χ0v) is 6.33. The van der Waals surface area contributed by atoms with Gasteiger partial charge in [0.15, 0.2) is 0 Å². The summed E-state index contributed by atoms with van der Waals surface area (Å²) in [5.74, 6) is 1.91. The summed E-state index contributed by atoms with van der Waals surface area (Å²) in [6.45, 7) is 4.99. The third-order valence-electron chi connectivity index (χ3n) is 1.14. The van der Waals surface area contributed by atoms with Gasteiger partial charge in [0.2, 0.25) is 0 Å². The smallest absolute Gasteiger partial charge is 0.145 e. The van der Waals surface area contributed by atoms with Crippen LogP contribution in [0.15, 0.2) is 12.3 Å². The Kier molecular flexibility index (Phi) is 1.94. The Morgan fingerprint density at radius 3 is 2.80 bits per heavy atom. The van der Waals surface area contributed by atoms with Crippen LogP contribution in [-0.2, 0) is 6.54 Å². The monoisotopic (exact) mass is 138 g/mol. The van der Waals surface area contributed by atoms with Gasteiger partial charge in [-0.05, 0) is 12.0 Å². The minimum Gasteiger partial charge on any atom is -0.382 e. The average molecular weight is 138 g/mol. The number of nitrogen functional groups attached to an aromatic ring is 1. The summed E-state index contributed by atoms with van der Waals surface area (Å²) in [4.78, 5) is 0. The summed E-state index contributed by atoms with van der Waals surface area (Å²) < 4.78 is 1.82. The SMILES string of the molecule is C[C](C)Cn1ccc(N)n1. The molecule has 3 heteroatoms. The van der Waals surface area contributed by atoms with Crippen LogP contribution < -0.4 is 5.73 Å². The molecule has 1 rings (SSSR count). The van der Waals surface area contributed by atoms with Crippen molar-refractivity contribution in [1.82, 2.24) is 9.78 Å². The van der Waals surface area contributed by atoms with Crippen LogP contribution in [0.25, 0.3) is 0 Å². The minimum atomic E-state index is 0.584. The molecule has 0 fully saturated rings. The molecule has 55 valence electrons. The van der Waals surface area contributed by atoms with E-state index in [1.807, 2.05) is 10.9 Å². The average Bonchev–Trinajstić information content (AvgIpc) is 2.13. The molecule has 0 aromatic carbocycles. The largest absolute Gasteiger partial charge is 0.382 e. The second kappa shape index (κ2) is 2.73. The van der Waals surface area contributed by atoms with E-state index in [2.05, 4.69) is 18.9 Å². The molecule has 0 spiro atoms. The first kappa shape index (κ1) is 7.12. The molecule has 0 atom stereocenters. The number of rotatable bonds is 2. The molecule has 1 aromatic heterocycles. The summed E-state index contributed by atoms with van der Waals surface area (Å²) in [5.41, 5.74) is 5.41. The molecule has 2 N–H and O–H groups in total. The third kappa shape index (κ3) is 1.76. The molecule has 0 aliphatic carbocycles. The predicted molar refractivity (Wildman–Crippen MR) is 41.2 cm³/mol. The first-order valence-electron chi connectivity index (χ1n) is 3.26. The fourth-order valence-corrected chi connectivity index (χ4v) is 0.789. The highest BCUT2D eigenvalue weighted by Crippen LogP contribution is 2.02. The quantitative estimate of drug-likeness (QED) is 0.664. The lowest BCUT2D eigenvalue weighted by molar-refractivity contribution is 0.632. The summed E-state index contributed by atoms with van der Waals surface area (Å²) >= 11 is 0. The second-order valence-electron chi connectivity index (χ2n) is 2.65. The Balaban J connectivity index is 2.58. The van der Waals surface area contributed by atoms with Crippen molar-refractivity contribution in [3.63, 3.8) is 0 Å². The molecule has 0 bridgehead atoms. The van der Waals surface area contributed by atoms with Crippen molar-refractivity contribution in [3.05, 3.63) is 18.2 Å². The van der Waals surface area contributed by atoms with Gasteiger partial charge in [0.1, 0.15) is 5.82 Å². The Morgan fingerprint density at radius 1 is 1.70 bits per heavy atom. The van der Waals surface area contributed by atoms with E-state index in [0.717, 1.165) is 6.54 Å². The Morgan fingerprint density at radius 2 is 2.40 bits per heavy atom. The van der Waals surface area contributed by atoms with Gasteiger partial charge >= 0.3 is 0 Å². The summed E-state index contributed by atoms with van der Waals surface area (Å²) in [6.07, 6.45) is 1.88. The molecule has 0 amide bonds. The van der Waals surface area contributed by atoms with Crippen molar-refractivity contribution in [3.8, 4) is 0 Å². The standard InChI is InChI=1S/C7H12N3/c1-6(2)5-10-4-3-7(8)9-10/h3-4H,5H2,1-2H3,(H2,8,9). The number of anilines is 1. The zero-order chi connectivity index (χ0) is 7.56. The molecule has 0 unspecified atom stereocenters. The molecule has 1 radical (unpaired) electrons. The van der Waals surface area contributed by atoms with Crippen LogP contribution >= 0.6 is 0 Å². The maximum absolute atomic E-state index is 5.41. The van der Waals surface area contributed by atoms with Crippen molar-refractivity contribution in [2.75, 3.05) is 5.73 Å². The van der Waals surface area contributed by atoms with Gasteiger partial charge in [-0.3, -0.25) is 4.68 Å². The zero-order valence-electron chi connectivity index (χ0n) is 6.33. The van der Waals surface area contributed by atoms with E-state index in [0.29, 0.717) is 5.82 Å². The van der Waals surface area contributed by atoms with Crippen LogP contribution in [0.2, 0.25) is 0 Å². The molecule has 10 heavy (non-hydrogen) atoms. The third-order valence-corrected chi connectivity index (χ3v) is 1.14. The van der Waals surface area contributed by atoms with E-state index in [-0.39, 0.29) is 0 Å². The summed E-state index contributed by atoms with van der Waals surface area (Å²) in [6, 6.07) is 1.79. The van der Waals surface area contributed by atoms with Gasteiger partial charge in [0.05, 0.1) is 0 Å². The Labute approximate surface area is 60.8 Å². The number of nitrogens with zero attached hydrogens (tertiary/aromatic N) is 2.